The van der Waals surface area contributed by atoms with E-state index in [4.69, 9.17) is 0 Å². The molecule has 0 radical (unpaired) electrons. The molecule has 0 saturated heterocycles. The highest BCUT2D eigenvalue weighted by Gasteiger charge is 2.26. The number of fused-ring (bicyclic) bond motifs is 2. The Morgan fingerprint density at radius 1 is 0.325 bits per heavy atom. The van der Waals surface area contributed by atoms with Gasteiger partial charge in [-0.3, -0.25) is 0 Å². The highest BCUT2D eigenvalue weighted by atomic mass is 15.1. The quantitative estimate of drug-likeness (QED) is 0.158. The van der Waals surface area contributed by atoms with Crippen LogP contribution in [-0.4, -0.2) is 0 Å². The molecule has 0 N–H and O–H groups in total. The Morgan fingerprint density at radius 3 is 1.05 bits per heavy atom. The molecule has 1 nitrogen and oxygen atoms in total. The first-order valence-electron chi connectivity index (χ1n) is 13.8. The summed E-state index contributed by atoms with van der Waals surface area (Å²) < 4.78 is 0. The van der Waals surface area contributed by atoms with E-state index < -0.39 is 0 Å². The fourth-order valence-corrected chi connectivity index (χ4v) is 6.07. The third-order valence-electron chi connectivity index (χ3n) is 7.75. The molecule has 1 heteroatoms. The number of para-hydroxylation sites is 2. The number of hydrogen-bond donors (Lipinski definition) is 0. The Labute approximate surface area is 235 Å². The number of nitrogens with zero attached hydrogens (tertiary/aromatic N) is 1. The fraction of sp³-hybridized carbons (Fsp3) is 0.0256. The predicted octanol–water partition coefficient (Wildman–Crippen LogP) is 10.6. The van der Waals surface area contributed by atoms with Crippen LogP contribution in [0.25, 0.3) is 21.5 Å². The van der Waals surface area contributed by atoms with Crippen molar-refractivity contribution in [2.24, 2.45) is 0 Å². The first-order chi connectivity index (χ1) is 19.9. The van der Waals surface area contributed by atoms with Crippen LogP contribution in [0.2, 0.25) is 0 Å². The summed E-state index contributed by atoms with van der Waals surface area (Å²) in [6, 6.07) is 61.1. The summed E-state index contributed by atoms with van der Waals surface area (Å²) in [5.41, 5.74) is 7.40. The number of benzene rings is 7. The lowest BCUT2D eigenvalue weighted by Gasteiger charge is -2.31. The van der Waals surface area contributed by atoms with Gasteiger partial charge in [-0.15, -0.1) is 0 Å². The molecule has 7 rings (SSSR count). The van der Waals surface area contributed by atoms with Crippen LogP contribution in [-0.2, 0) is 0 Å². The van der Waals surface area contributed by atoms with E-state index in [1.807, 2.05) is 0 Å². The van der Waals surface area contributed by atoms with Crippen LogP contribution >= 0.6 is 0 Å². The summed E-state index contributed by atoms with van der Waals surface area (Å²) in [6.45, 7) is 0. The number of rotatable bonds is 6. The highest BCUT2D eigenvalue weighted by Crippen LogP contribution is 2.48. The second kappa shape index (κ2) is 10.6. The van der Waals surface area contributed by atoms with Crippen molar-refractivity contribution in [1.29, 1.82) is 0 Å². The summed E-state index contributed by atoms with van der Waals surface area (Å²) in [7, 11) is 0. The van der Waals surface area contributed by atoms with Gasteiger partial charge < -0.3 is 4.90 Å². The minimum atomic E-state index is 0.0909. The lowest BCUT2D eigenvalue weighted by atomic mass is 9.79. The number of anilines is 3. The molecule has 0 bridgehead atoms. The predicted molar refractivity (Wildman–Crippen MR) is 170 cm³/mol. The Hall–Kier alpha value is -5.14. The van der Waals surface area contributed by atoms with Gasteiger partial charge in [0.15, 0.2) is 0 Å². The van der Waals surface area contributed by atoms with Crippen LogP contribution in [0.3, 0.4) is 0 Å². The third-order valence-corrected chi connectivity index (χ3v) is 7.75. The van der Waals surface area contributed by atoms with Gasteiger partial charge in [0.25, 0.3) is 0 Å². The minimum Gasteiger partial charge on any atom is -0.309 e. The van der Waals surface area contributed by atoms with Gasteiger partial charge in [-0.2, -0.15) is 0 Å². The maximum Gasteiger partial charge on any atom is 0.0618 e. The van der Waals surface area contributed by atoms with E-state index in [0.717, 1.165) is 11.4 Å². The van der Waals surface area contributed by atoms with Gasteiger partial charge in [0, 0.05) is 28.1 Å². The molecule has 7 aromatic carbocycles. The topological polar surface area (TPSA) is 3.24 Å². The second-order valence-electron chi connectivity index (χ2n) is 10.1. The van der Waals surface area contributed by atoms with Crippen molar-refractivity contribution in [3.63, 3.8) is 0 Å². The Kier molecular flexibility index (Phi) is 6.32. The van der Waals surface area contributed by atoms with Crippen LogP contribution in [0.5, 0.6) is 0 Å². The normalized spacial score (nSPS) is 11.2. The molecule has 0 aliphatic heterocycles. The summed E-state index contributed by atoms with van der Waals surface area (Å²) in [6.07, 6.45) is 0. The molecule has 0 amide bonds. The molecule has 0 aliphatic carbocycles. The van der Waals surface area contributed by atoms with Crippen LogP contribution in [0.4, 0.5) is 17.1 Å². The maximum atomic E-state index is 2.41. The van der Waals surface area contributed by atoms with E-state index in [1.54, 1.807) is 0 Å². The van der Waals surface area contributed by atoms with Gasteiger partial charge in [-0.1, -0.05) is 146 Å². The summed E-state index contributed by atoms with van der Waals surface area (Å²) in [4.78, 5) is 2.41. The number of hydrogen-bond acceptors (Lipinski definition) is 1. The Morgan fingerprint density at radius 2 is 0.650 bits per heavy atom. The third kappa shape index (κ3) is 4.22. The molecular formula is C39H29N. The fourth-order valence-electron chi connectivity index (χ4n) is 6.07. The van der Waals surface area contributed by atoms with E-state index in [-0.39, 0.29) is 5.92 Å². The molecule has 40 heavy (non-hydrogen) atoms. The molecule has 0 aromatic heterocycles. The summed E-state index contributed by atoms with van der Waals surface area (Å²) >= 11 is 0. The molecule has 0 aliphatic rings. The van der Waals surface area contributed by atoms with Crippen molar-refractivity contribution in [3.8, 4) is 0 Å². The molecule has 0 unspecified atom stereocenters. The van der Waals surface area contributed by atoms with Crippen molar-refractivity contribution < 1.29 is 0 Å². The van der Waals surface area contributed by atoms with Crippen molar-refractivity contribution in [2.75, 3.05) is 4.90 Å². The average Bonchev–Trinajstić information content (AvgIpc) is 3.04. The Bertz CT molecular complexity index is 1600. The maximum absolute atomic E-state index is 2.41. The van der Waals surface area contributed by atoms with Gasteiger partial charge in [-0.05, 0) is 51.7 Å². The first-order valence-corrected chi connectivity index (χ1v) is 13.8. The van der Waals surface area contributed by atoms with E-state index in [1.165, 1.54) is 43.9 Å². The largest absolute Gasteiger partial charge is 0.309 e. The molecule has 0 atom stereocenters. The average molecular weight is 512 g/mol. The van der Waals surface area contributed by atoms with E-state index in [0.29, 0.717) is 0 Å². The minimum absolute atomic E-state index is 0.0909. The lowest BCUT2D eigenvalue weighted by molar-refractivity contribution is 1.000. The van der Waals surface area contributed by atoms with Crippen molar-refractivity contribution in [1.82, 2.24) is 0 Å². The molecule has 0 spiro atoms. The first kappa shape index (κ1) is 23.9. The summed E-state index contributed by atoms with van der Waals surface area (Å²) in [5, 5.41) is 5.01. The van der Waals surface area contributed by atoms with Crippen molar-refractivity contribution in [2.45, 2.75) is 5.92 Å². The van der Waals surface area contributed by atoms with Crippen LogP contribution < -0.4 is 4.90 Å². The van der Waals surface area contributed by atoms with Gasteiger partial charge in [0.05, 0.1) is 5.69 Å². The molecule has 0 saturated carbocycles. The van der Waals surface area contributed by atoms with Crippen LogP contribution in [0.15, 0.2) is 170 Å². The van der Waals surface area contributed by atoms with Crippen LogP contribution in [0, 0.1) is 0 Å². The zero-order valence-electron chi connectivity index (χ0n) is 22.2. The van der Waals surface area contributed by atoms with Gasteiger partial charge in [-0.25, -0.2) is 0 Å². The smallest absolute Gasteiger partial charge is 0.0618 e. The van der Waals surface area contributed by atoms with E-state index in [9.17, 15) is 0 Å². The van der Waals surface area contributed by atoms with Gasteiger partial charge in [0.2, 0.25) is 0 Å². The van der Waals surface area contributed by atoms with Crippen molar-refractivity contribution in [3.05, 3.63) is 187 Å². The van der Waals surface area contributed by atoms with Gasteiger partial charge in [0.1, 0.15) is 0 Å². The van der Waals surface area contributed by atoms with E-state index in [2.05, 4.69) is 175 Å². The second-order valence-corrected chi connectivity index (χ2v) is 10.1. The zero-order valence-corrected chi connectivity index (χ0v) is 22.2. The summed E-state index contributed by atoms with van der Waals surface area (Å²) in [5.74, 6) is 0.0909. The monoisotopic (exact) mass is 511 g/mol. The molecule has 0 heterocycles. The Balaban J connectivity index is 1.62. The SMILES string of the molecule is c1ccc(C(c2ccccc2)c2c3ccccc3c(N(c3ccccc3)c3ccccc3)c3ccccc23)cc1. The molecule has 190 valence electrons. The lowest BCUT2D eigenvalue weighted by Crippen LogP contribution is -2.13. The molecular weight excluding hydrogens is 482 g/mol. The van der Waals surface area contributed by atoms with E-state index >= 15 is 0 Å². The van der Waals surface area contributed by atoms with Gasteiger partial charge >= 0.3 is 0 Å². The molecule has 0 fully saturated rings. The van der Waals surface area contributed by atoms with Crippen molar-refractivity contribution >= 4 is 38.6 Å². The van der Waals surface area contributed by atoms with Crippen LogP contribution in [0.1, 0.15) is 22.6 Å². The highest BCUT2D eigenvalue weighted by molar-refractivity contribution is 6.17. The zero-order chi connectivity index (χ0) is 26.7. The molecule has 7 aromatic rings. The standard InChI is InChI=1S/C39H29N/c1-5-17-29(18-6-1)37(30-19-7-2-8-20-30)38-33-25-13-15-27-35(33)39(36-28-16-14-26-34(36)38)40(31-21-9-3-10-22-31)32-23-11-4-12-24-32/h1-28,37H.